The lowest BCUT2D eigenvalue weighted by molar-refractivity contribution is 0.282. The van der Waals surface area contributed by atoms with Gasteiger partial charge in [-0.2, -0.15) is 4.98 Å². The summed E-state index contributed by atoms with van der Waals surface area (Å²) in [5.41, 5.74) is -0.0251. The molecular weight excluding hydrogens is 226 g/mol. The van der Waals surface area contributed by atoms with Crippen molar-refractivity contribution in [2.45, 2.75) is 70.8 Å². The second-order valence-corrected chi connectivity index (χ2v) is 6.31. The highest BCUT2D eigenvalue weighted by Crippen LogP contribution is 2.32. The van der Waals surface area contributed by atoms with Gasteiger partial charge in [-0.1, -0.05) is 32.9 Å². The molecule has 0 unspecified atom stereocenters. The van der Waals surface area contributed by atoms with Crippen LogP contribution in [0.3, 0.4) is 0 Å². The minimum Gasteiger partial charge on any atom is -0.339 e. The summed E-state index contributed by atoms with van der Waals surface area (Å²) >= 11 is 0. The van der Waals surface area contributed by atoms with Crippen molar-refractivity contribution in [1.29, 1.82) is 0 Å². The predicted octanol–water partition coefficient (Wildman–Crippen LogP) is 3.00. The molecule has 4 nitrogen and oxygen atoms in total. The number of nitrogens with one attached hydrogen (secondary N) is 1. The predicted molar refractivity (Wildman–Crippen MR) is 71.7 cm³/mol. The van der Waals surface area contributed by atoms with Gasteiger partial charge in [0.25, 0.3) is 0 Å². The van der Waals surface area contributed by atoms with E-state index < -0.39 is 0 Å². The first-order chi connectivity index (χ1) is 8.50. The fraction of sp³-hybridized carbons (Fsp3) is 0.857. The Kier molecular flexibility index (Phi) is 4.05. The van der Waals surface area contributed by atoms with E-state index in [9.17, 15) is 0 Å². The summed E-state index contributed by atoms with van der Waals surface area (Å²) in [4.78, 5) is 4.58. The number of aromatic nitrogens is 2. The highest BCUT2D eigenvalue weighted by molar-refractivity contribution is 5.03. The Hall–Kier alpha value is -0.900. The van der Waals surface area contributed by atoms with Gasteiger partial charge in [-0.25, -0.2) is 0 Å². The summed E-state index contributed by atoms with van der Waals surface area (Å²) in [5.74, 6) is 2.13. The normalized spacial score (nSPS) is 25.3. The van der Waals surface area contributed by atoms with E-state index in [1.165, 1.54) is 12.8 Å². The van der Waals surface area contributed by atoms with Crippen LogP contribution in [0.4, 0.5) is 0 Å². The van der Waals surface area contributed by atoms with Crippen molar-refractivity contribution in [1.82, 2.24) is 15.5 Å². The molecule has 1 aromatic rings. The maximum Gasteiger partial charge on any atom is 0.229 e. The fourth-order valence-electron chi connectivity index (χ4n) is 2.54. The van der Waals surface area contributed by atoms with Gasteiger partial charge in [0, 0.05) is 17.4 Å². The summed E-state index contributed by atoms with van der Waals surface area (Å²) in [6.07, 6.45) is 4.74. The van der Waals surface area contributed by atoms with Crippen LogP contribution >= 0.6 is 0 Å². The van der Waals surface area contributed by atoms with E-state index in [-0.39, 0.29) is 5.41 Å². The van der Waals surface area contributed by atoms with E-state index in [4.69, 9.17) is 4.52 Å². The molecule has 4 heteroatoms. The third-order valence-electron chi connectivity index (χ3n) is 3.68. The van der Waals surface area contributed by atoms with Gasteiger partial charge in [0.05, 0.1) is 0 Å². The standard InChI is InChI=1S/C14H25N3O/c1-5-15-11-8-6-10(7-9-11)12-16-13(17-18-12)14(2,3)4/h10-11,15H,5-9H2,1-4H3. The van der Waals surface area contributed by atoms with Crippen LogP contribution < -0.4 is 5.32 Å². The average Bonchev–Trinajstić information content (AvgIpc) is 2.79. The van der Waals surface area contributed by atoms with Gasteiger partial charge < -0.3 is 9.84 Å². The highest BCUT2D eigenvalue weighted by Gasteiger charge is 2.28. The first-order valence-electron chi connectivity index (χ1n) is 7.08. The largest absolute Gasteiger partial charge is 0.339 e. The van der Waals surface area contributed by atoms with Crippen molar-refractivity contribution < 1.29 is 4.52 Å². The molecule has 0 amide bonds. The monoisotopic (exact) mass is 251 g/mol. The molecule has 0 atom stereocenters. The topological polar surface area (TPSA) is 51.0 Å². The third-order valence-corrected chi connectivity index (χ3v) is 3.68. The van der Waals surface area contributed by atoms with E-state index in [0.717, 1.165) is 31.1 Å². The molecular formula is C14H25N3O. The van der Waals surface area contributed by atoms with Crippen molar-refractivity contribution in [2.75, 3.05) is 6.54 Å². The molecule has 0 bridgehead atoms. The van der Waals surface area contributed by atoms with Gasteiger partial charge >= 0.3 is 0 Å². The molecule has 1 N–H and O–H groups in total. The van der Waals surface area contributed by atoms with Crippen LogP contribution in [0.2, 0.25) is 0 Å². The van der Waals surface area contributed by atoms with Gasteiger partial charge in [0.15, 0.2) is 5.82 Å². The Balaban J connectivity index is 1.95. The van der Waals surface area contributed by atoms with E-state index in [1.54, 1.807) is 0 Å². The molecule has 0 spiro atoms. The molecule has 0 aliphatic heterocycles. The third kappa shape index (κ3) is 3.10. The SMILES string of the molecule is CCNC1CCC(c2nc(C(C)(C)C)no2)CC1. The molecule has 102 valence electrons. The van der Waals surface area contributed by atoms with Crippen LogP contribution in [0.5, 0.6) is 0 Å². The molecule has 18 heavy (non-hydrogen) atoms. The second kappa shape index (κ2) is 5.39. The van der Waals surface area contributed by atoms with Crippen LogP contribution in [0.15, 0.2) is 4.52 Å². The molecule has 1 fully saturated rings. The van der Waals surface area contributed by atoms with E-state index in [1.807, 2.05) is 0 Å². The molecule has 0 radical (unpaired) electrons. The van der Waals surface area contributed by atoms with E-state index in [2.05, 4.69) is 43.2 Å². The van der Waals surface area contributed by atoms with Crippen molar-refractivity contribution in [3.05, 3.63) is 11.7 Å². The number of hydrogen-bond donors (Lipinski definition) is 1. The zero-order valence-corrected chi connectivity index (χ0v) is 12.0. The molecule has 0 aromatic carbocycles. The van der Waals surface area contributed by atoms with Crippen molar-refractivity contribution in [3.8, 4) is 0 Å². The number of hydrogen-bond acceptors (Lipinski definition) is 4. The minimum absolute atomic E-state index is 0.0251. The van der Waals surface area contributed by atoms with Crippen LogP contribution in [0, 0.1) is 0 Å². The van der Waals surface area contributed by atoms with Gasteiger partial charge in [-0.3, -0.25) is 0 Å². The molecule has 1 saturated carbocycles. The van der Waals surface area contributed by atoms with Gasteiger partial charge in [0.1, 0.15) is 0 Å². The zero-order valence-electron chi connectivity index (χ0n) is 12.0. The lowest BCUT2D eigenvalue weighted by Gasteiger charge is -2.26. The van der Waals surface area contributed by atoms with E-state index in [0.29, 0.717) is 12.0 Å². The summed E-state index contributed by atoms with van der Waals surface area (Å²) in [5, 5.41) is 7.64. The number of rotatable bonds is 3. The van der Waals surface area contributed by atoms with Crippen molar-refractivity contribution in [3.63, 3.8) is 0 Å². The van der Waals surface area contributed by atoms with Crippen LogP contribution in [-0.2, 0) is 5.41 Å². The van der Waals surface area contributed by atoms with Gasteiger partial charge in [-0.15, -0.1) is 0 Å². The van der Waals surface area contributed by atoms with Crippen LogP contribution in [0.25, 0.3) is 0 Å². The zero-order chi connectivity index (χ0) is 13.2. The Bertz CT molecular complexity index is 373. The molecule has 1 aliphatic carbocycles. The molecule has 2 rings (SSSR count). The quantitative estimate of drug-likeness (QED) is 0.897. The maximum atomic E-state index is 5.44. The minimum atomic E-state index is -0.0251. The molecule has 0 saturated heterocycles. The summed E-state index contributed by atoms with van der Waals surface area (Å²) in [7, 11) is 0. The van der Waals surface area contributed by atoms with Crippen LogP contribution in [-0.4, -0.2) is 22.7 Å². The summed E-state index contributed by atoms with van der Waals surface area (Å²) in [6, 6.07) is 0.677. The second-order valence-electron chi connectivity index (χ2n) is 6.31. The van der Waals surface area contributed by atoms with Crippen LogP contribution in [0.1, 0.15) is 71.0 Å². The van der Waals surface area contributed by atoms with Crippen molar-refractivity contribution >= 4 is 0 Å². The van der Waals surface area contributed by atoms with Gasteiger partial charge in [0.2, 0.25) is 5.89 Å². The fourth-order valence-corrected chi connectivity index (χ4v) is 2.54. The Morgan fingerprint density at radius 2 is 1.89 bits per heavy atom. The lowest BCUT2D eigenvalue weighted by atomic mass is 9.86. The molecule has 1 aliphatic rings. The molecule has 1 aromatic heterocycles. The van der Waals surface area contributed by atoms with E-state index >= 15 is 0 Å². The Labute approximate surface area is 110 Å². The van der Waals surface area contributed by atoms with Gasteiger partial charge in [-0.05, 0) is 32.2 Å². The van der Waals surface area contributed by atoms with Crippen molar-refractivity contribution in [2.24, 2.45) is 0 Å². The average molecular weight is 251 g/mol. The summed E-state index contributed by atoms with van der Waals surface area (Å²) < 4.78 is 5.44. The number of nitrogens with zero attached hydrogens (tertiary/aromatic N) is 2. The highest BCUT2D eigenvalue weighted by atomic mass is 16.5. The Morgan fingerprint density at radius 3 is 2.39 bits per heavy atom. The Morgan fingerprint density at radius 1 is 1.22 bits per heavy atom. The molecule has 1 heterocycles. The lowest BCUT2D eigenvalue weighted by Crippen LogP contribution is -2.32. The summed E-state index contributed by atoms with van der Waals surface area (Å²) in [6.45, 7) is 9.57. The first-order valence-corrected chi connectivity index (χ1v) is 7.08. The smallest absolute Gasteiger partial charge is 0.229 e. The first kappa shape index (κ1) is 13.5. The maximum absolute atomic E-state index is 5.44.